The quantitative estimate of drug-likeness (QED) is 0.460. The van der Waals surface area contributed by atoms with Crippen molar-refractivity contribution in [1.29, 1.82) is 0 Å². The Labute approximate surface area is 211 Å². The van der Waals surface area contributed by atoms with Gasteiger partial charge in [-0.1, -0.05) is 24.3 Å². The summed E-state index contributed by atoms with van der Waals surface area (Å²) in [5.74, 6) is 0.0903. The Kier molecular flexibility index (Phi) is 8.01. The first-order valence-corrected chi connectivity index (χ1v) is 13.4. The summed E-state index contributed by atoms with van der Waals surface area (Å²) in [7, 11) is -2.17. The summed E-state index contributed by atoms with van der Waals surface area (Å²) in [4.78, 5) is 17.1. The fraction of sp³-hybridized carbons (Fsp3) is 0.333. The van der Waals surface area contributed by atoms with Gasteiger partial charge in [-0.3, -0.25) is 9.78 Å². The van der Waals surface area contributed by atoms with E-state index in [1.54, 1.807) is 25.3 Å². The minimum Gasteiger partial charge on any atom is -0.496 e. The lowest BCUT2D eigenvalue weighted by Gasteiger charge is -2.29. The molecule has 0 spiro atoms. The molecule has 7 nitrogen and oxygen atoms in total. The average molecular weight is 512 g/mol. The second-order valence-corrected chi connectivity index (χ2v) is 10.7. The van der Waals surface area contributed by atoms with Crippen molar-refractivity contribution in [2.24, 2.45) is 5.92 Å². The second kappa shape index (κ2) is 11.2. The zero-order valence-corrected chi connectivity index (χ0v) is 21.1. The fourth-order valence-electron chi connectivity index (χ4n) is 4.48. The van der Waals surface area contributed by atoms with E-state index in [1.807, 2.05) is 31.2 Å². The number of hydrogen-bond donors (Lipinski definition) is 2. The number of ether oxygens (including phenoxy) is 1. The summed E-state index contributed by atoms with van der Waals surface area (Å²) in [6, 6.07) is 16.2. The molecule has 0 aliphatic heterocycles. The molecule has 0 radical (unpaired) electrons. The Morgan fingerprint density at radius 3 is 2.36 bits per heavy atom. The molecular formula is C27H30FN3O4S. The molecule has 1 amide bonds. The number of amides is 1. The van der Waals surface area contributed by atoms with Gasteiger partial charge in [0.1, 0.15) is 16.5 Å². The van der Waals surface area contributed by atoms with E-state index in [2.05, 4.69) is 15.0 Å². The zero-order valence-electron chi connectivity index (χ0n) is 20.3. The maximum absolute atomic E-state index is 13.1. The molecule has 1 aliphatic carbocycles. The van der Waals surface area contributed by atoms with Crippen molar-refractivity contribution < 1.29 is 22.3 Å². The Balaban J connectivity index is 1.32. The van der Waals surface area contributed by atoms with Crippen molar-refractivity contribution in [3.8, 4) is 17.0 Å². The van der Waals surface area contributed by atoms with Gasteiger partial charge >= 0.3 is 0 Å². The van der Waals surface area contributed by atoms with E-state index in [-0.39, 0.29) is 34.6 Å². The number of methoxy groups -OCH3 is 1. The molecule has 2 aromatic carbocycles. The number of nitrogens with one attached hydrogen (secondary N) is 2. The van der Waals surface area contributed by atoms with Gasteiger partial charge in [-0.2, -0.15) is 0 Å². The molecule has 0 bridgehead atoms. The number of sulfonamides is 1. The van der Waals surface area contributed by atoms with E-state index >= 15 is 0 Å². The highest BCUT2D eigenvalue weighted by molar-refractivity contribution is 7.89. The van der Waals surface area contributed by atoms with Gasteiger partial charge in [0.05, 0.1) is 18.8 Å². The lowest BCUT2D eigenvalue weighted by atomic mass is 9.85. The third-order valence-corrected chi connectivity index (χ3v) is 8.08. The summed E-state index contributed by atoms with van der Waals surface area (Å²) < 4.78 is 47.1. The first-order valence-electron chi connectivity index (χ1n) is 11.9. The van der Waals surface area contributed by atoms with Crippen LogP contribution in [0.2, 0.25) is 0 Å². The lowest BCUT2D eigenvalue weighted by Crippen LogP contribution is -2.41. The van der Waals surface area contributed by atoms with E-state index in [9.17, 15) is 17.6 Å². The highest BCUT2D eigenvalue weighted by Gasteiger charge is 2.30. The SMILES string of the molecule is COc1ccccc1-c1ccc(S(=O)(=O)NC2CCC(C(=O)N[C@H](C)c3ccc(F)cc3)CC2)cn1. The van der Waals surface area contributed by atoms with E-state index in [1.165, 1.54) is 24.4 Å². The number of carbonyl (C=O) groups is 1. The number of benzene rings is 2. The molecule has 1 heterocycles. The van der Waals surface area contributed by atoms with E-state index in [0.29, 0.717) is 37.1 Å². The summed E-state index contributed by atoms with van der Waals surface area (Å²) >= 11 is 0. The van der Waals surface area contributed by atoms with Crippen LogP contribution in [0, 0.1) is 11.7 Å². The second-order valence-electron chi connectivity index (χ2n) is 9.03. The number of aromatic nitrogens is 1. The summed E-state index contributed by atoms with van der Waals surface area (Å²) in [6.45, 7) is 1.86. The molecular weight excluding hydrogens is 481 g/mol. The van der Waals surface area contributed by atoms with Gasteiger partial charge in [0.2, 0.25) is 15.9 Å². The molecule has 36 heavy (non-hydrogen) atoms. The maximum atomic E-state index is 13.1. The fourth-order valence-corrected chi connectivity index (χ4v) is 5.73. The largest absolute Gasteiger partial charge is 0.496 e. The molecule has 2 N–H and O–H groups in total. The van der Waals surface area contributed by atoms with Crippen molar-refractivity contribution in [2.45, 2.75) is 49.6 Å². The van der Waals surface area contributed by atoms with Gasteiger partial charge in [0, 0.05) is 23.7 Å². The maximum Gasteiger partial charge on any atom is 0.242 e. The lowest BCUT2D eigenvalue weighted by molar-refractivity contribution is -0.126. The Bertz CT molecular complexity index is 1290. The minimum atomic E-state index is -3.75. The molecule has 0 unspecified atom stereocenters. The predicted octanol–water partition coefficient (Wildman–Crippen LogP) is 4.61. The summed E-state index contributed by atoms with van der Waals surface area (Å²) in [5.41, 5.74) is 2.23. The van der Waals surface area contributed by atoms with Gasteiger partial charge in [0.15, 0.2) is 0 Å². The molecule has 1 atom stereocenters. The van der Waals surface area contributed by atoms with Crippen LogP contribution in [0.15, 0.2) is 71.8 Å². The number of halogens is 1. The highest BCUT2D eigenvalue weighted by Crippen LogP contribution is 2.29. The molecule has 9 heteroatoms. The summed E-state index contributed by atoms with van der Waals surface area (Å²) in [5, 5.41) is 2.98. The third-order valence-electron chi connectivity index (χ3n) is 6.58. The average Bonchev–Trinajstić information content (AvgIpc) is 2.89. The van der Waals surface area contributed by atoms with Crippen molar-refractivity contribution in [3.63, 3.8) is 0 Å². The van der Waals surface area contributed by atoms with Crippen molar-refractivity contribution >= 4 is 15.9 Å². The summed E-state index contributed by atoms with van der Waals surface area (Å²) in [6.07, 6.45) is 3.64. The van der Waals surface area contributed by atoms with Gasteiger partial charge in [-0.25, -0.2) is 17.5 Å². The number of hydrogen-bond acceptors (Lipinski definition) is 5. The van der Waals surface area contributed by atoms with Gasteiger partial charge in [0.25, 0.3) is 0 Å². The smallest absolute Gasteiger partial charge is 0.242 e. The predicted molar refractivity (Wildman–Crippen MR) is 135 cm³/mol. The van der Waals surface area contributed by atoms with Gasteiger partial charge in [-0.05, 0) is 74.6 Å². The van der Waals surface area contributed by atoms with Crippen molar-refractivity contribution in [2.75, 3.05) is 7.11 Å². The van der Waals surface area contributed by atoms with E-state index < -0.39 is 10.0 Å². The number of nitrogens with zero attached hydrogens (tertiary/aromatic N) is 1. The molecule has 1 aliphatic rings. The number of rotatable bonds is 8. The van der Waals surface area contributed by atoms with E-state index in [0.717, 1.165) is 11.1 Å². The molecule has 1 saturated carbocycles. The first-order chi connectivity index (χ1) is 17.3. The van der Waals surface area contributed by atoms with Crippen LogP contribution in [-0.4, -0.2) is 32.5 Å². The Hall–Kier alpha value is -3.30. The molecule has 1 fully saturated rings. The Morgan fingerprint density at radius 2 is 1.72 bits per heavy atom. The standard InChI is InChI=1S/C27H30FN3O4S/c1-18(19-7-11-21(28)12-8-19)30-27(32)20-9-13-22(14-10-20)31-36(33,34)23-15-16-25(29-17-23)24-5-3-4-6-26(24)35-2/h3-8,11-12,15-18,20,22,31H,9-10,13-14H2,1-2H3,(H,30,32)/t18-,20?,22?/m1/s1. The van der Waals surface area contributed by atoms with Crippen LogP contribution in [0.4, 0.5) is 4.39 Å². The van der Waals surface area contributed by atoms with Gasteiger partial charge in [-0.15, -0.1) is 0 Å². The minimum absolute atomic E-state index is 0.0655. The molecule has 3 aromatic rings. The van der Waals surface area contributed by atoms with Crippen LogP contribution in [0.25, 0.3) is 11.3 Å². The van der Waals surface area contributed by atoms with Crippen LogP contribution in [0.5, 0.6) is 5.75 Å². The van der Waals surface area contributed by atoms with Crippen LogP contribution in [0.3, 0.4) is 0 Å². The van der Waals surface area contributed by atoms with Crippen LogP contribution < -0.4 is 14.8 Å². The number of pyridine rings is 1. The molecule has 0 saturated heterocycles. The third kappa shape index (κ3) is 6.09. The number of para-hydroxylation sites is 1. The highest BCUT2D eigenvalue weighted by atomic mass is 32.2. The monoisotopic (exact) mass is 511 g/mol. The van der Waals surface area contributed by atoms with Gasteiger partial charge < -0.3 is 10.1 Å². The van der Waals surface area contributed by atoms with Crippen LogP contribution in [0.1, 0.15) is 44.2 Å². The van der Waals surface area contributed by atoms with Crippen molar-refractivity contribution in [3.05, 3.63) is 78.2 Å². The van der Waals surface area contributed by atoms with Crippen molar-refractivity contribution in [1.82, 2.24) is 15.0 Å². The van der Waals surface area contributed by atoms with Crippen LogP contribution in [-0.2, 0) is 14.8 Å². The molecule has 4 rings (SSSR count). The topological polar surface area (TPSA) is 97.4 Å². The Morgan fingerprint density at radius 1 is 1.03 bits per heavy atom. The molecule has 1 aromatic heterocycles. The normalized spacial score (nSPS) is 18.9. The molecule has 190 valence electrons. The zero-order chi connectivity index (χ0) is 25.7. The van der Waals surface area contributed by atoms with Crippen LogP contribution >= 0.6 is 0 Å². The first kappa shape index (κ1) is 25.8. The number of carbonyl (C=O) groups excluding carboxylic acids is 1. The van der Waals surface area contributed by atoms with E-state index in [4.69, 9.17) is 4.74 Å².